The monoisotopic (exact) mass is 221 g/mol. The Morgan fingerprint density at radius 3 is 2.57 bits per heavy atom. The van der Waals surface area contributed by atoms with Gasteiger partial charge >= 0.3 is 6.18 Å². The van der Waals surface area contributed by atoms with Crippen LogP contribution in [0.25, 0.3) is 0 Å². The van der Waals surface area contributed by atoms with Crippen LogP contribution in [-0.4, -0.2) is 12.0 Å². The predicted molar refractivity (Wildman–Crippen MR) is 47.0 cm³/mol. The molecule has 0 bridgehead atoms. The molecule has 1 aromatic rings. The maximum atomic E-state index is 11.9. The lowest BCUT2D eigenvalue weighted by atomic mass is 10.2. The van der Waals surface area contributed by atoms with Gasteiger partial charge in [-0.1, -0.05) is 6.07 Å². The first-order valence-electron chi connectivity index (χ1n) is 3.53. The highest BCUT2D eigenvalue weighted by Crippen LogP contribution is 2.22. The van der Waals surface area contributed by atoms with Gasteiger partial charge in [0.2, 0.25) is 0 Å². The molecule has 0 saturated carbocycles. The number of hydrogen-bond acceptors (Lipinski definition) is 3. The zero-order valence-corrected chi connectivity index (χ0v) is 7.65. The molecule has 0 fully saturated rings. The zero-order valence-electron chi connectivity index (χ0n) is 6.84. The number of halogens is 3. The number of carbonyl (C=O) groups is 1. The molecule has 0 spiro atoms. The zero-order chi connectivity index (χ0) is 10.8. The predicted octanol–water partition coefficient (Wildman–Crippen LogP) is 2.34. The standard InChI is InChI=1S/C8H6F3NOS/c9-8(10,11)7(12)4-5(13)6-2-1-3-14-6/h1-4H,12H2/b7-4+. The van der Waals surface area contributed by atoms with E-state index in [1.807, 2.05) is 0 Å². The smallest absolute Gasteiger partial charge is 0.395 e. The largest absolute Gasteiger partial charge is 0.430 e. The number of allylic oxidation sites excluding steroid dienone is 2. The Bertz CT molecular complexity index is 353. The van der Waals surface area contributed by atoms with Crippen molar-refractivity contribution in [2.45, 2.75) is 6.18 Å². The van der Waals surface area contributed by atoms with Gasteiger partial charge in [-0.05, 0) is 11.4 Å². The van der Waals surface area contributed by atoms with E-state index in [-0.39, 0.29) is 4.88 Å². The summed E-state index contributed by atoms with van der Waals surface area (Å²) >= 11 is 1.07. The minimum absolute atomic E-state index is 0.234. The van der Waals surface area contributed by atoms with Crippen molar-refractivity contribution >= 4 is 17.1 Å². The van der Waals surface area contributed by atoms with Crippen LogP contribution in [0.5, 0.6) is 0 Å². The Morgan fingerprint density at radius 1 is 1.50 bits per heavy atom. The van der Waals surface area contributed by atoms with Gasteiger partial charge in [-0.15, -0.1) is 11.3 Å². The van der Waals surface area contributed by atoms with E-state index in [2.05, 4.69) is 5.73 Å². The summed E-state index contributed by atoms with van der Waals surface area (Å²) < 4.78 is 35.7. The van der Waals surface area contributed by atoms with Crippen molar-refractivity contribution < 1.29 is 18.0 Å². The lowest BCUT2D eigenvalue weighted by Crippen LogP contribution is -2.20. The van der Waals surface area contributed by atoms with Crippen LogP contribution in [0.2, 0.25) is 0 Å². The lowest BCUT2D eigenvalue weighted by Gasteiger charge is -2.04. The van der Waals surface area contributed by atoms with Gasteiger partial charge in [-0.3, -0.25) is 4.79 Å². The van der Waals surface area contributed by atoms with Gasteiger partial charge in [0.25, 0.3) is 0 Å². The number of thiophene rings is 1. The Hall–Kier alpha value is -1.30. The SMILES string of the molecule is N/C(=C/C(=O)c1cccs1)C(F)(F)F. The van der Waals surface area contributed by atoms with Gasteiger partial charge in [0, 0.05) is 6.08 Å². The summed E-state index contributed by atoms with van der Waals surface area (Å²) in [5.41, 5.74) is 3.30. The normalized spacial score (nSPS) is 12.9. The first-order valence-corrected chi connectivity index (χ1v) is 4.41. The molecule has 0 aliphatic heterocycles. The lowest BCUT2D eigenvalue weighted by molar-refractivity contribution is -0.0927. The van der Waals surface area contributed by atoms with Crippen LogP contribution >= 0.6 is 11.3 Å². The summed E-state index contributed by atoms with van der Waals surface area (Å²) in [6.45, 7) is 0. The fraction of sp³-hybridized carbons (Fsp3) is 0.125. The van der Waals surface area contributed by atoms with Crippen molar-refractivity contribution in [2.75, 3.05) is 0 Å². The molecule has 0 unspecified atom stereocenters. The van der Waals surface area contributed by atoms with Crippen LogP contribution in [0.4, 0.5) is 13.2 Å². The molecule has 1 heterocycles. The molecule has 6 heteroatoms. The van der Waals surface area contributed by atoms with Gasteiger partial charge in [0.05, 0.1) is 4.88 Å². The average Bonchev–Trinajstić information content (AvgIpc) is 2.53. The number of ketones is 1. The molecule has 0 aliphatic carbocycles. The van der Waals surface area contributed by atoms with E-state index in [1.165, 1.54) is 6.07 Å². The molecule has 0 aromatic carbocycles. The molecule has 0 aliphatic rings. The van der Waals surface area contributed by atoms with E-state index in [0.29, 0.717) is 6.08 Å². The first kappa shape index (κ1) is 10.8. The highest BCUT2D eigenvalue weighted by molar-refractivity contribution is 7.12. The molecule has 1 rings (SSSR count). The molecular weight excluding hydrogens is 215 g/mol. The number of rotatable bonds is 2. The average molecular weight is 221 g/mol. The van der Waals surface area contributed by atoms with E-state index in [9.17, 15) is 18.0 Å². The maximum Gasteiger partial charge on any atom is 0.430 e. The third kappa shape index (κ3) is 2.59. The van der Waals surface area contributed by atoms with E-state index >= 15 is 0 Å². The van der Waals surface area contributed by atoms with Crippen LogP contribution in [0, 0.1) is 0 Å². The van der Waals surface area contributed by atoms with E-state index in [0.717, 1.165) is 11.3 Å². The van der Waals surface area contributed by atoms with Crippen molar-refractivity contribution in [3.63, 3.8) is 0 Å². The Morgan fingerprint density at radius 2 is 2.14 bits per heavy atom. The summed E-state index contributed by atoms with van der Waals surface area (Å²) in [6, 6.07) is 3.02. The molecule has 14 heavy (non-hydrogen) atoms. The molecule has 1 aromatic heterocycles. The van der Waals surface area contributed by atoms with E-state index in [4.69, 9.17) is 0 Å². The second-order valence-corrected chi connectivity index (χ2v) is 3.39. The number of hydrogen-bond donors (Lipinski definition) is 1. The van der Waals surface area contributed by atoms with Crippen molar-refractivity contribution in [2.24, 2.45) is 5.73 Å². The second kappa shape index (κ2) is 3.83. The molecule has 76 valence electrons. The second-order valence-electron chi connectivity index (χ2n) is 2.44. The Balaban J connectivity index is 2.84. The minimum atomic E-state index is -4.65. The summed E-state index contributed by atoms with van der Waals surface area (Å²) in [7, 11) is 0. The highest BCUT2D eigenvalue weighted by atomic mass is 32.1. The van der Waals surface area contributed by atoms with Gasteiger partial charge < -0.3 is 5.73 Å². The fourth-order valence-electron chi connectivity index (χ4n) is 0.713. The van der Waals surface area contributed by atoms with Crippen molar-refractivity contribution in [1.82, 2.24) is 0 Å². The maximum absolute atomic E-state index is 11.9. The summed E-state index contributed by atoms with van der Waals surface area (Å²) in [5.74, 6) is -0.727. The molecule has 0 radical (unpaired) electrons. The third-order valence-electron chi connectivity index (χ3n) is 1.38. The number of alkyl halides is 3. The summed E-state index contributed by atoms with van der Waals surface area (Å²) in [5, 5.41) is 1.60. The van der Waals surface area contributed by atoms with Gasteiger partial charge in [0.15, 0.2) is 5.78 Å². The topological polar surface area (TPSA) is 43.1 Å². The van der Waals surface area contributed by atoms with Crippen molar-refractivity contribution in [1.29, 1.82) is 0 Å². The van der Waals surface area contributed by atoms with E-state index in [1.54, 1.807) is 11.4 Å². The van der Waals surface area contributed by atoms with E-state index < -0.39 is 17.7 Å². The molecule has 0 amide bonds. The van der Waals surface area contributed by atoms with Gasteiger partial charge in [0.1, 0.15) is 5.70 Å². The number of nitrogens with two attached hydrogens (primary N) is 1. The van der Waals surface area contributed by atoms with Gasteiger partial charge in [-0.2, -0.15) is 13.2 Å². The summed E-state index contributed by atoms with van der Waals surface area (Å²) in [4.78, 5) is 11.4. The van der Waals surface area contributed by atoms with Crippen LogP contribution in [-0.2, 0) is 0 Å². The van der Waals surface area contributed by atoms with Crippen LogP contribution in [0.3, 0.4) is 0 Å². The van der Waals surface area contributed by atoms with Crippen LogP contribution in [0.15, 0.2) is 29.3 Å². The molecule has 2 nitrogen and oxygen atoms in total. The minimum Gasteiger partial charge on any atom is -0.395 e. The van der Waals surface area contributed by atoms with Crippen LogP contribution in [0.1, 0.15) is 9.67 Å². The van der Waals surface area contributed by atoms with Crippen LogP contribution < -0.4 is 5.73 Å². The van der Waals surface area contributed by atoms with Gasteiger partial charge in [-0.25, -0.2) is 0 Å². The molecule has 2 N–H and O–H groups in total. The first-order chi connectivity index (χ1) is 6.41. The Labute approximate surface area is 81.8 Å². The number of carbonyl (C=O) groups excluding carboxylic acids is 1. The summed E-state index contributed by atoms with van der Waals surface area (Å²) in [6.07, 6.45) is -4.25. The van der Waals surface area contributed by atoms with Crippen molar-refractivity contribution in [3.05, 3.63) is 34.2 Å². The molecule has 0 saturated heterocycles. The third-order valence-corrected chi connectivity index (χ3v) is 2.26. The van der Waals surface area contributed by atoms with Crippen molar-refractivity contribution in [3.8, 4) is 0 Å². The fourth-order valence-corrected chi connectivity index (χ4v) is 1.35. The highest BCUT2D eigenvalue weighted by Gasteiger charge is 2.32. The molecular formula is C8H6F3NOS. The quantitative estimate of drug-likeness (QED) is 0.615. The Kier molecular flexibility index (Phi) is 2.95. The molecule has 0 atom stereocenters.